The van der Waals surface area contributed by atoms with Crippen molar-refractivity contribution in [2.24, 2.45) is 5.92 Å². The van der Waals surface area contributed by atoms with Gasteiger partial charge in [0.15, 0.2) is 0 Å². The summed E-state index contributed by atoms with van der Waals surface area (Å²) >= 11 is 0. The van der Waals surface area contributed by atoms with E-state index in [9.17, 15) is 9.18 Å². The molecular weight excluding hydrogens is 379 g/mol. The fourth-order valence-corrected chi connectivity index (χ4v) is 5.01. The third-order valence-corrected chi connectivity index (χ3v) is 6.50. The molecule has 1 fully saturated rings. The third kappa shape index (κ3) is 3.16. The number of hydrogen-bond donors (Lipinski definition) is 1. The normalized spacial score (nSPS) is 18.2. The molecule has 0 spiro atoms. The molecule has 1 atom stereocenters. The Labute approximate surface area is 175 Å². The number of piperidine rings is 1. The van der Waals surface area contributed by atoms with Crippen molar-refractivity contribution in [3.63, 3.8) is 0 Å². The summed E-state index contributed by atoms with van der Waals surface area (Å²) in [6.45, 7) is 1.83. The molecule has 2 aliphatic rings. The molecule has 2 aliphatic heterocycles. The van der Waals surface area contributed by atoms with Crippen molar-refractivity contribution in [1.29, 1.82) is 0 Å². The molecule has 2 aromatic carbocycles. The summed E-state index contributed by atoms with van der Waals surface area (Å²) < 4.78 is 16.9. The summed E-state index contributed by atoms with van der Waals surface area (Å²) in [5.41, 5.74) is 4.97. The molecule has 5 rings (SSSR count). The summed E-state index contributed by atoms with van der Waals surface area (Å²) in [7, 11) is 1.66. The van der Waals surface area contributed by atoms with E-state index in [4.69, 9.17) is 0 Å². The van der Waals surface area contributed by atoms with Gasteiger partial charge in [-0.2, -0.15) is 0 Å². The Hall–Kier alpha value is -3.15. The SMILES string of the molecule is CNC(=O)Cc1cccc(N2CCC(C3c4c(F)cccc4-c4cncn43)CC2)c1. The lowest BCUT2D eigenvalue weighted by Crippen LogP contribution is -2.36. The predicted octanol–water partition coefficient (Wildman–Crippen LogP) is 3.80. The van der Waals surface area contributed by atoms with E-state index in [-0.39, 0.29) is 17.8 Å². The molecule has 0 aliphatic carbocycles. The number of hydrogen-bond acceptors (Lipinski definition) is 3. The number of anilines is 1. The number of imidazole rings is 1. The van der Waals surface area contributed by atoms with Crippen LogP contribution >= 0.6 is 0 Å². The van der Waals surface area contributed by atoms with E-state index >= 15 is 0 Å². The Bertz CT molecular complexity index is 1080. The van der Waals surface area contributed by atoms with Crippen LogP contribution in [-0.4, -0.2) is 35.6 Å². The van der Waals surface area contributed by atoms with Crippen molar-refractivity contribution in [1.82, 2.24) is 14.9 Å². The summed E-state index contributed by atoms with van der Waals surface area (Å²) in [5, 5.41) is 2.68. The molecule has 0 radical (unpaired) electrons. The van der Waals surface area contributed by atoms with Gasteiger partial charge < -0.3 is 14.8 Å². The van der Waals surface area contributed by atoms with Gasteiger partial charge in [-0.3, -0.25) is 4.79 Å². The van der Waals surface area contributed by atoms with Gasteiger partial charge in [-0.25, -0.2) is 9.37 Å². The van der Waals surface area contributed by atoms with Gasteiger partial charge in [0.05, 0.1) is 30.7 Å². The van der Waals surface area contributed by atoms with Crippen LogP contribution in [0.15, 0.2) is 55.0 Å². The molecule has 1 aromatic heterocycles. The van der Waals surface area contributed by atoms with Crippen molar-refractivity contribution in [3.8, 4) is 11.3 Å². The number of benzene rings is 2. The van der Waals surface area contributed by atoms with Gasteiger partial charge in [0, 0.05) is 37.0 Å². The molecule has 1 N–H and O–H groups in total. The number of halogens is 1. The van der Waals surface area contributed by atoms with Crippen LogP contribution in [0.1, 0.15) is 30.0 Å². The highest BCUT2D eigenvalue weighted by atomic mass is 19.1. The predicted molar refractivity (Wildman–Crippen MR) is 115 cm³/mol. The highest BCUT2D eigenvalue weighted by Gasteiger charge is 2.37. The van der Waals surface area contributed by atoms with Crippen molar-refractivity contribution in [3.05, 3.63) is 71.9 Å². The van der Waals surface area contributed by atoms with Crippen LogP contribution in [0, 0.1) is 11.7 Å². The monoisotopic (exact) mass is 404 g/mol. The van der Waals surface area contributed by atoms with E-state index in [1.54, 1.807) is 19.2 Å². The van der Waals surface area contributed by atoms with Gasteiger partial charge in [-0.15, -0.1) is 0 Å². The van der Waals surface area contributed by atoms with E-state index in [0.29, 0.717) is 12.3 Å². The molecule has 0 bridgehead atoms. The maximum atomic E-state index is 14.8. The Balaban J connectivity index is 1.34. The number of nitrogens with one attached hydrogen (secondary N) is 1. The third-order valence-electron chi connectivity index (χ3n) is 6.50. The van der Waals surface area contributed by atoms with Crippen LogP contribution in [0.25, 0.3) is 11.3 Å². The molecule has 3 heterocycles. The number of amides is 1. The van der Waals surface area contributed by atoms with Crippen LogP contribution in [0.4, 0.5) is 10.1 Å². The van der Waals surface area contributed by atoms with E-state index in [1.807, 2.05) is 30.7 Å². The van der Waals surface area contributed by atoms with Gasteiger partial charge >= 0.3 is 0 Å². The minimum absolute atomic E-state index is 0.0143. The second-order valence-electron chi connectivity index (χ2n) is 8.18. The second kappa shape index (κ2) is 7.59. The molecule has 1 saturated heterocycles. The van der Waals surface area contributed by atoms with E-state index in [1.165, 1.54) is 0 Å². The first-order chi connectivity index (χ1) is 14.7. The number of likely N-dealkylation sites (N-methyl/N-ethyl adjacent to an activating group) is 1. The first-order valence-corrected chi connectivity index (χ1v) is 10.5. The molecule has 3 aromatic rings. The molecule has 6 heteroatoms. The zero-order valence-corrected chi connectivity index (χ0v) is 17.0. The fraction of sp³-hybridized carbons (Fsp3) is 0.333. The highest BCUT2D eigenvalue weighted by Crippen LogP contribution is 2.46. The number of rotatable bonds is 4. The van der Waals surface area contributed by atoms with Crippen LogP contribution in [0.5, 0.6) is 0 Å². The highest BCUT2D eigenvalue weighted by molar-refractivity contribution is 5.78. The number of nitrogens with zero attached hydrogens (tertiary/aromatic N) is 3. The van der Waals surface area contributed by atoms with Crippen LogP contribution < -0.4 is 10.2 Å². The standard InChI is InChI=1S/C24H25FN4O/c1-26-22(30)13-16-4-2-5-18(12-16)28-10-8-17(9-11-28)24-23-19(6-3-7-20(23)25)21-14-27-15-29(21)24/h2-7,12,14-15,17,24H,8-11,13H2,1H3,(H,26,30). The zero-order valence-electron chi connectivity index (χ0n) is 17.0. The van der Waals surface area contributed by atoms with Crippen LogP contribution in [0.2, 0.25) is 0 Å². The molecule has 30 heavy (non-hydrogen) atoms. The Morgan fingerprint density at radius 1 is 1.20 bits per heavy atom. The minimum atomic E-state index is -0.120. The maximum absolute atomic E-state index is 14.8. The summed E-state index contributed by atoms with van der Waals surface area (Å²) in [4.78, 5) is 18.4. The van der Waals surface area contributed by atoms with Gasteiger partial charge in [0.1, 0.15) is 5.82 Å². The van der Waals surface area contributed by atoms with E-state index < -0.39 is 0 Å². The maximum Gasteiger partial charge on any atom is 0.224 e. The first kappa shape index (κ1) is 18.9. The smallest absolute Gasteiger partial charge is 0.224 e. The van der Waals surface area contributed by atoms with Crippen molar-refractivity contribution >= 4 is 11.6 Å². The van der Waals surface area contributed by atoms with E-state index in [0.717, 1.165) is 54.0 Å². The first-order valence-electron chi connectivity index (χ1n) is 10.5. The molecule has 5 nitrogen and oxygen atoms in total. The molecule has 154 valence electrons. The zero-order chi connectivity index (χ0) is 20.7. The Kier molecular flexibility index (Phi) is 4.77. The van der Waals surface area contributed by atoms with Crippen LogP contribution in [0.3, 0.4) is 0 Å². The summed E-state index contributed by atoms with van der Waals surface area (Å²) in [6.07, 6.45) is 6.03. The lowest BCUT2D eigenvalue weighted by molar-refractivity contribution is -0.119. The molecular formula is C24H25FN4O. The van der Waals surface area contributed by atoms with Crippen molar-refractivity contribution in [2.45, 2.75) is 25.3 Å². The molecule has 1 amide bonds. The van der Waals surface area contributed by atoms with Crippen LogP contribution in [-0.2, 0) is 11.2 Å². The van der Waals surface area contributed by atoms with Crippen molar-refractivity contribution < 1.29 is 9.18 Å². The average Bonchev–Trinajstić information content (AvgIpc) is 3.36. The lowest BCUT2D eigenvalue weighted by Gasteiger charge is -2.37. The number of fused-ring (bicyclic) bond motifs is 3. The Morgan fingerprint density at radius 3 is 2.80 bits per heavy atom. The Morgan fingerprint density at radius 2 is 2.00 bits per heavy atom. The topological polar surface area (TPSA) is 50.2 Å². The van der Waals surface area contributed by atoms with Crippen molar-refractivity contribution in [2.75, 3.05) is 25.0 Å². The fourth-order valence-electron chi connectivity index (χ4n) is 5.01. The largest absolute Gasteiger partial charge is 0.372 e. The number of carbonyl (C=O) groups excluding carboxylic acids is 1. The van der Waals surface area contributed by atoms with Gasteiger partial charge in [0.2, 0.25) is 5.91 Å². The number of aromatic nitrogens is 2. The lowest BCUT2D eigenvalue weighted by atomic mass is 9.85. The van der Waals surface area contributed by atoms with E-state index in [2.05, 4.69) is 31.9 Å². The average molecular weight is 404 g/mol. The van der Waals surface area contributed by atoms with Gasteiger partial charge in [-0.1, -0.05) is 24.3 Å². The van der Waals surface area contributed by atoms with Gasteiger partial charge in [-0.05, 0) is 42.5 Å². The summed E-state index contributed by atoms with van der Waals surface area (Å²) in [6, 6.07) is 13.6. The molecule has 1 unspecified atom stereocenters. The summed E-state index contributed by atoms with van der Waals surface area (Å²) in [5.74, 6) is 0.260. The second-order valence-corrected chi connectivity index (χ2v) is 8.18. The quantitative estimate of drug-likeness (QED) is 0.720. The number of carbonyl (C=O) groups is 1. The molecule has 0 saturated carbocycles. The van der Waals surface area contributed by atoms with Gasteiger partial charge in [0.25, 0.3) is 0 Å². The minimum Gasteiger partial charge on any atom is -0.372 e.